The molecular formula is C17H15Cl2NO4. The molecule has 5 nitrogen and oxygen atoms in total. The first-order valence-electron chi connectivity index (χ1n) is 7.63. The fourth-order valence-electron chi connectivity index (χ4n) is 3.02. The summed E-state index contributed by atoms with van der Waals surface area (Å²) in [6.45, 7) is 0.0326. The van der Waals surface area contributed by atoms with Crippen LogP contribution in [0.1, 0.15) is 19.3 Å². The molecule has 0 bridgehead atoms. The molecule has 24 heavy (non-hydrogen) atoms. The lowest BCUT2D eigenvalue weighted by molar-refractivity contribution is -0.141. The van der Waals surface area contributed by atoms with Crippen LogP contribution in [-0.2, 0) is 14.4 Å². The predicted molar refractivity (Wildman–Crippen MR) is 88.8 cm³/mol. The van der Waals surface area contributed by atoms with Crippen LogP contribution in [-0.4, -0.2) is 29.2 Å². The molecule has 2 atom stereocenters. The van der Waals surface area contributed by atoms with Gasteiger partial charge >= 0.3 is 5.97 Å². The maximum absolute atomic E-state index is 12.3. The first-order chi connectivity index (χ1) is 11.5. The van der Waals surface area contributed by atoms with E-state index in [1.54, 1.807) is 0 Å². The van der Waals surface area contributed by atoms with Crippen LogP contribution >= 0.6 is 23.2 Å². The van der Waals surface area contributed by atoms with E-state index in [-0.39, 0.29) is 47.4 Å². The summed E-state index contributed by atoms with van der Waals surface area (Å²) in [6, 6.07) is 4.49. The minimum atomic E-state index is -0.540. The Hall–Kier alpha value is -1.85. The highest BCUT2D eigenvalue weighted by Crippen LogP contribution is 2.35. The number of rotatable bonds is 4. The van der Waals surface area contributed by atoms with E-state index in [1.165, 1.54) is 23.1 Å². The molecule has 1 aromatic carbocycles. The van der Waals surface area contributed by atoms with E-state index in [2.05, 4.69) is 0 Å². The van der Waals surface area contributed by atoms with E-state index < -0.39 is 5.97 Å². The normalized spacial score (nSPS) is 22.7. The summed E-state index contributed by atoms with van der Waals surface area (Å²) >= 11 is 11.7. The zero-order valence-electron chi connectivity index (χ0n) is 12.7. The average molecular weight is 368 g/mol. The molecular weight excluding hydrogens is 353 g/mol. The maximum atomic E-state index is 12.3. The van der Waals surface area contributed by atoms with Gasteiger partial charge in [0.2, 0.25) is 11.8 Å². The molecule has 0 aromatic heterocycles. The largest absolute Gasteiger partial charge is 0.426 e. The van der Waals surface area contributed by atoms with Crippen molar-refractivity contribution in [2.75, 3.05) is 6.54 Å². The number of esters is 1. The summed E-state index contributed by atoms with van der Waals surface area (Å²) < 4.78 is 5.16. The topological polar surface area (TPSA) is 63.7 Å². The highest BCUT2D eigenvalue weighted by atomic mass is 35.5. The number of hydrogen-bond acceptors (Lipinski definition) is 4. The Kier molecular flexibility index (Phi) is 4.92. The van der Waals surface area contributed by atoms with E-state index in [9.17, 15) is 14.4 Å². The van der Waals surface area contributed by atoms with Crippen molar-refractivity contribution in [1.82, 2.24) is 4.90 Å². The molecule has 2 amide bonds. The van der Waals surface area contributed by atoms with Crippen LogP contribution in [0.4, 0.5) is 0 Å². The third-order valence-electron chi connectivity index (χ3n) is 4.26. The van der Waals surface area contributed by atoms with Gasteiger partial charge in [-0.2, -0.15) is 0 Å². The van der Waals surface area contributed by atoms with Gasteiger partial charge in [-0.3, -0.25) is 19.3 Å². The fourth-order valence-corrected chi connectivity index (χ4v) is 3.30. The summed E-state index contributed by atoms with van der Waals surface area (Å²) in [5, 5.41) is 0.643. The van der Waals surface area contributed by atoms with Crippen molar-refractivity contribution in [2.45, 2.75) is 19.3 Å². The number of amides is 2. The molecule has 2 aliphatic rings. The Morgan fingerprint density at radius 1 is 1.08 bits per heavy atom. The first-order valence-corrected chi connectivity index (χ1v) is 8.39. The van der Waals surface area contributed by atoms with Gasteiger partial charge in [0.1, 0.15) is 5.75 Å². The number of carbonyl (C=O) groups excluding carboxylic acids is 3. The number of likely N-dealkylation sites (tertiary alicyclic amines) is 1. The van der Waals surface area contributed by atoms with Crippen LogP contribution in [0.3, 0.4) is 0 Å². The van der Waals surface area contributed by atoms with Gasteiger partial charge in [0, 0.05) is 12.6 Å². The summed E-state index contributed by atoms with van der Waals surface area (Å²) in [4.78, 5) is 37.7. The van der Waals surface area contributed by atoms with Crippen molar-refractivity contribution in [3.8, 4) is 5.75 Å². The molecule has 7 heteroatoms. The van der Waals surface area contributed by atoms with Gasteiger partial charge in [-0.1, -0.05) is 35.4 Å². The number of imide groups is 1. The molecule has 1 aliphatic carbocycles. The molecule has 0 radical (unpaired) electrons. The van der Waals surface area contributed by atoms with Gasteiger partial charge < -0.3 is 4.74 Å². The van der Waals surface area contributed by atoms with Gasteiger partial charge in [0.05, 0.1) is 28.3 Å². The Labute approximate surface area is 149 Å². The number of benzene rings is 1. The predicted octanol–water partition coefficient (Wildman–Crippen LogP) is 3.24. The van der Waals surface area contributed by atoms with Gasteiger partial charge in [-0.15, -0.1) is 0 Å². The molecule has 0 spiro atoms. The molecule has 1 aliphatic heterocycles. The van der Waals surface area contributed by atoms with Crippen molar-refractivity contribution in [3.05, 3.63) is 40.4 Å². The number of allylic oxidation sites excluding steroid dienone is 2. The van der Waals surface area contributed by atoms with E-state index in [0.717, 1.165) is 0 Å². The summed E-state index contributed by atoms with van der Waals surface area (Å²) in [5.41, 5.74) is 0. The lowest BCUT2D eigenvalue weighted by atomic mass is 9.85. The first kappa shape index (κ1) is 17.0. The molecule has 0 saturated carbocycles. The van der Waals surface area contributed by atoms with Crippen LogP contribution in [0.5, 0.6) is 5.75 Å². The molecule has 3 rings (SSSR count). The molecule has 0 unspecified atom stereocenters. The lowest BCUT2D eigenvalue weighted by Gasteiger charge is -2.14. The smallest absolute Gasteiger partial charge is 0.312 e. The van der Waals surface area contributed by atoms with Crippen LogP contribution in [0, 0.1) is 11.8 Å². The standard InChI is InChI=1S/C17H15Cl2NO4/c18-13-6-5-10(9-14(13)19)24-15(21)7-8-20-16(22)11-3-1-2-4-12(11)17(20)23/h1-2,5-6,9,11-12H,3-4,7-8H2/t11-,12-/m1/s1. The Morgan fingerprint density at radius 2 is 1.71 bits per heavy atom. The quantitative estimate of drug-likeness (QED) is 0.354. The minimum Gasteiger partial charge on any atom is -0.426 e. The monoisotopic (exact) mass is 367 g/mol. The zero-order chi connectivity index (χ0) is 17.3. The van der Waals surface area contributed by atoms with Crippen LogP contribution in [0.2, 0.25) is 10.0 Å². The van der Waals surface area contributed by atoms with Crippen LogP contribution < -0.4 is 4.74 Å². The number of ether oxygens (including phenoxy) is 1. The van der Waals surface area contributed by atoms with Gasteiger partial charge in [-0.25, -0.2) is 0 Å². The second-order valence-electron chi connectivity index (χ2n) is 5.78. The van der Waals surface area contributed by atoms with Gasteiger partial charge in [0.25, 0.3) is 0 Å². The number of carbonyl (C=O) groups is 3. The van der Waals surface area contributed by atoms with E-state index in [0.29, 0.717) is 17.9 Å². The summed E-state index contributed by atoms with van der Waals surface area (Å²) in [7, 11) is 0. The van der Waals surface area contributed by atoms with E-state index >= 15 is 0 Å². The molecule has 1 fully saturated rings. The van der Waals surface area contributed by atoms with Gasteiger partial charge in [-0.05, 0) is 25.0 Å². The molecule has 1 aromatic rings. The maximum Gasteiger partial charge on any atom is 0.312 e. The Morgan fingerprint density at radius 3 is 2.29 bits per heavy atom. The zero-order valence-corrected chi connectivity index (χ0v) is 14.2. The van der Waals surface area contributed by atoms with Crippen LogP contribution in [0.25, 0.3) is 0 Å². The number of fused-ring (bicyclic) bond motifs is 1. The molecule has 126 valence electrons. The Bertz CT molecular complexity index is 705. The van der Waals surface area contributed by atoms with E-state index in [4.69, 9.17) is 27.9 Å². The van der Waals surface area contributed by atoms with E-state index in [1.807, 2.05) is 12.2 Å². The second kappa shape index (κ2) is 6.95. The highest BCUT2D eigenvalue weighted by molar-refractivity contribution is 6.42. The van der Waals surface area contributed by atoms with Crippen molar-refractivity contribution < 1.29 is 19.1 Å². The Balaban J connectivity index is 1.57. The van der Waals surface area contributed by atoms with Crippen molar-refractivity contribution >= 4 is 41.0 Å². The number of halogens is 2. The molecule has 1 heterocycles. The second-order valence-corrected chi connectivity index (χ2v) is 6.60. The summed E-state index contributed by atoms with van der Waals surface area (Å²) in [5.74, 6) is -1.23. The third-order valence-corrected chi connectivity index (χ3v) is 5.00. The molecule has 1 saturated heterocycles. The number of hydrogen-bond donors (Lipinski definition) is 0. The van der Waals surface area contributed by atoms with Crippen molar-refractivity contribution in [1.29, 1.82) is 0 Å². The van der Waals surface area contributed by atoms with Gasteiger partial charge in [0.15, 0.2) is 0 Å². The van der Waals surface area contributed by atoms with Crippen molar-refractivity contribution in [2.24, 2.45) is 11.8 Å². The lowest BCUT2D eigenvalue weighted by Crippen LogP contribution is -2.33. The average Bonchev–Trinajstić information content (AvgIpc) is 2.81. The fraction of sp³-hybridized carbons (Fsp3) is 0.353. The minimum absolute atomic E-state index is 0.0326. The van der Waals surface area contributed by atoms with Crippen LogP contribution in [0.15, 0.2) is 30.4 Å². The summed E-state index contributed by atoms with van der Waals surface area (Å²) in [6.07, 6.45) is 4.95. The SMILES string of the molecule is O=C(CCN1C(=O)[C@@H]2CC=CC[C@H]2C1=O)Oc1ccc(Cl)c(Cl)c1. The molecule has 0 N–H and O–H groups in total. The third kappa shape index (κ3) is 3.32. The van der Waals surface area contributed by atoms with Crippen molar-refractivity contribution in [3.63, 3.8) is 0 Å². The number of nitrogens with zero attached hydrogens (tertiary/aromatic N) is 1. The highest BCUT2D eigenvalue weighted by Gasteiger charge is 2.46.